The third-order valence-corrected chi connectivity index (χ3v) is 2.53. The van der Waals surface area contributed by atoms with Crippen molar-refractivity contribution in [1.82, 2.24) is 5.32 Å². The fraction of sp³-hybridized carbons (Fsp3) is 0.875. The minimum atomic E-state index is 0.282. The van der Waals surface area contributed by atoms with Crippen LogP contribution >= 0.6 is 11.8 Å². The second-order valence-electron chi connectivity index (χ2n) is 3.11. The van der Waals surface area contributed by atoms with Crippen LogP contribution in [0.4, 0.5) is 0 Å². The normalized spacial score (nSPS) is 14.5. The van der Waals surface area contributed by atoms with Gasteiger partial charge in [0.25, 0.3) is 0 Å². The summed E-state index contributed by atoms with van der Waals surface area (Å²) < 4.78 is 0. The van der Waals surface area contributed by atoms with Gasteiger partial charge in [-0.3, -0.25) is 0 Å². The van der Waals surface area contributed by atoms with E-state index in [1.165, 1.54) is 0 Å². The molecule has 0 saturated heterocycles. The maximum atomic E-state index is 8.26. The van der Waals surface area contributed by atoms with Gasteiger partial charge in [-0.15, -0.1) is 0 Å². The summed E-state index contributed by atoms with van der Waals surface area (Å²) in [5.74, 6) is 2.11. The first-order valence-corrected chi connectivity index (χ1v) is 5.76. The van der Waals surface area contributed by atoms with Crippen molar-refractivity contribution in [3.05, 3.63) is 0 Å². The topological polar surface area (TPSA) is 70.6 Å². The highest BCUT2D eigenvalue weighted by molar-refractivity contribution is 7.98. The van der Waals surface area contributed by atoms with Crippen LogP contribution in [-0.2, 0) is 0 Å². The van der Waals surface area contributed by atoms with Gasteiger partial charge in [-0.25, -0.2) is 0 Å². The highest BCUT2D eigenvalue weighted by atomic mass is 32.2. The van der Waals surface area contributed by atoms with Crippen molar-refractivity contribution in [2.45, 2.75) is 13.3 Å². The summed E-state index contributed by atoms with van der Waals surface area (Å²) in [5.41, 5.74) is 5.30. The molecule has 1 unspecified atom stereocenters. The van der Waals surface area contributed by atoms with Crippen LogP contribution in [0.1, 0.15) is 13.3 Å². The van der Waals surface area contributed by atoms with Gasteiger partial charge in [0.2, 0.25) is 0 Å². The van der Waals surface area contributed by atoms with E-state index in [0.29, 0.717) is 12.3 Å². The number of hydrogen-bond donors (Lipinski definition) is 3. The molecule has 0 bridgehead atoms. The first-order valence-electron chi connectivity index (χ1n) is 4.36. The monoisotopic (exact) mass is 205 g/mol. The molecule has 0 amide bonds. The van der Waals surface area contributed by atoms with E-state index in [1.54, 1.807) is 0 Å². The minimum Gasteiger partial charge on any atom is -0.409 e. The molecule has 0 aliphatic carbocycles. The third kappa shape index (κ3) is 7.93. The average molecular weight is 205 g/mol. The van der Waals surface area contributed by atoms with Crippen LogP contribution in [0.5, 0.6) is 0 Å². The number of nitrogens with two attached hydrogens (primary N) is 1. The Labute approximate surface area is 84.0 Å². The molecule has 0 rings (SSSR count). The van der Waals surface area contributed by atoms with E-state index < -0.39 is 0 Å². The van der Waals surface area contributed by atoms with Crippen molar-refractivity contribution in [3.63, 3.8) is 0 Å². The number of thioether (sulfide) groups is 1. The van der Waals surface area contributed by atoms with Crippen molar-refractivity contribution in [2.24, 2.45) is 16.8 Å². The van der Waals surface area contributed by atoms with Gasteiger partial charge in [-0.2, -0.15) is 11.8 Å². The van der Waals surface area contributed by atoms with E-state index in [4.69, 9.17) is 10.9 Å². The SMILES string of the molecule is CSCC(C)CNCCC(N)=NO. The number of rotatable bonds is 7. The second-order valence-corrected chi connectivity index (χ2v) is 4.02. The Morgan fingerprint density at radius 1 is 1.69 bits per heavy atom. The van der Waals surface area contributed by atoms with E-state index >= 15 is 0 Å². The summed E-state index contributed by atoms with van der Waals surface area (Å²) in [6.07, 6.45) is 2.70. The first-order chi connectivity index (χ1) is 6.20. The number of nitrogens with zero attached hydrogens (tertiary/aromatic N) is 1. The number of oxime groups is 1. The Kier molecular flexibility index (Phi) is 7.93. The molecule has 0 fully saturated rings. The molecule has 4 N–H and O–H groups in total. The second kappa shape index (κ2) is 8.19. The predicted octanol–water partition coefficient (Wildman–Crippen LogP) is 0.712. The summed E-state index contributed by atoms with van der Waals surface area (Å²) in [7, 11) is 0. The highest BCUT2D eigenvalue weighted by Crippen LogP contribution is 2.02. The van der Waals surface area contributed by atoms with Gasteiger partial charge in [0.1, 0.15) is 5.84 Å². The van der Waals surface area contributed by atoms with Crippen LogP contribution in [-0.4, -0.2) is 36.1 Å². The maximum Gasteiger partial charge on any atom is 0.140 e. The molecule has 0 aromatic carbocycles. The smallest absolute Gasteiger partial charge is 0.140 e. The third-order valence-electron chi connectivity index (χ3n) is 1.63. The van der Waals surface area contributed by atoms with Crippen LogP contribution in [0.15, 0.2) is 5.16 Å². The molecule has 0 spiro atoms. The minimum absolute atomic E-state index is 0.282. The summed E-state index contributed by atoms with van der Waals surface area (Å²) in [6, 6.07) is 0. The van der Waals surface area contributed by atoms with Crippen LogP contribution in [0, 0.1) is 5.92 Å². The zero-order valence-corrected chi connectivity index (χ0v) is 9.10. The lowest BCUT2D eigenvalue weighted by Gasteiger charge is -2.10. The quantitative estimate of drug-likeness (QED) is 0.188. The molecule has 78 valence electrons. The van der Waals surface area contributed by atoms with Crippen molar-refractivity contribution in [1.29, 1.82) is 0 Å². The lowest BCUT2D eigenvalue weighted by Crippen LogP contribution is -2.26. The molecule has 1 atom stereocenters. The summed E-state index contributed by atoms with van der Waals surface area (Å²) in [4.78, 5) is 0. The Morgan fingerprint density at radius 2 is 2.38 bits per heavy atom. The highest BCUT2D eigenvalue weighted by Gasteiger charge is 1.99. The van der Waals surface area contributed by atoms with E-state index in [1.807, 2.05) is 11.8 Å². The van der Waals surface area contributed by atoms with E-state index in [9.17, 15) is 0 Å². The van der Waals surface area contributed by atoms with Crippen molar-refractivity contribution in [2.75, 3.05) is 25.1 Å². The molecule has 0 radical (unpaired) electrons. The predicted molar refractivity (Wildman–Crippen MR) is 58.4 cm³/mol. The standard InChI is InChI=1S/C8H19N3OS/c1-7(6-13-2)5-10-4-3-8(9)11-12/h7,10,12H,3-6H2,1-2H3,(H2,9,11). The molecule has 13 heavy (non-hydrogen) atoms. The van der Waals surface area contributed by atoms with E-state index in [-0.39, 0.29) is 5.84 Å². The van der Waals surface area contributed by atoms with Gasteiger partial charge in [-0.05, 0) is 24.5 Å². The molecular formula is C8H19N3OS. The molecule has 0 aliphatic heterocycles. The molecule has 0 aliphatic rings. The van der Waals surface area contributed by atoms with Crippen LogP contribution in [0.25, 0.3) is 0 Å². The fourth-order valence-electron chi connectivity index (χ4n) is 0.958. The van der Waals surface area contributed by atoms with Gasteiger partial charge in [0.15, 0.2) is 0 Å². The summed E-state index contributed by atoms with van der Waals surface area (Å²) in [6.45, 7) is 3.96. The molecule has 0 heterocycles. The fourth-order valence-corrected chi connectivity index (χ4v) is 1.65. The van der Waals surface area contributed by atoms with Gasteiger partial charge in [-0.1, -0.05) is 12.1 Å². The van der Waals surface area contributed by atoms with Crippen molar-refractivity contribution in [3.8, 4) is 0 Å². The summed E-state index contributed by atoms with van der Waals surface area (Å²) >= 11 is 1.85. The lowest BCUT2D eigenvalue weighted by atomic mass is 10.2. The van der Waals surface area contributed by atoms with Crippen LogP contribution < -0.4 is 11.1 Å². The van der Waals surface area contributed by atoms with Gasteiger partial charge < -0.3 is 16.3 Å². The zero-order chi connectivity index (χ0) is 10.1. The maximum absolute atomic E-state index is 8.26. The molecule has 0 aromatic heterocycles. The zero-order valence-electron chi connectivity index (χ0n) is 8.29. The van der Waals surface area contributed by atoms with Crippen LogP contribution in [0.2, 0.25) is 0 Å². The van der Waals surface area contributed by atoms with Gasteiger partial charge >= 0.3 is 0 Å². The Morgan fingerprint density at radius 3 is 2.92 bits per heavy atom. The Balaban J connectivity index is 3.25. The Hall–Kier alpha value is -0.420. The van der Waals surface area contributed by atoms with Gasteiger partial charge in [0, 0.05) is 13.0 Å². The lowest BCUT2D eigenvalue weighted by molar-refractivity contribution is 0.316. The number of nitrogens with one attached hydrogen (secondary N) is 1. The largest absolute Gasteiger partial charge is 0.409 e. The van der Waals surface area contributed by atoms with E-state index in [2.05, 4.69) is 23.7 Å². The molecular weight excluding hydrogens is 186 g/mol. The Bertz CT molecular complexity index is 152. The molecule has 0 saturated carbocycles. The molecule has 4 nitrogen and oxygen atoms in total. The van der Waals surface area contributed by atoms with Crippen molar-refractivity contribution < 1.29 is 5.21 Å². The van der Waals surface area contributed by atoms with Crippen LogP contribution in [0.3, 0.4) is 0 Å². The van der Waals surface area contributed by atoms with Crippen molar-refractivity contribution >= 4 is 17.6 Å². The number of hydrogen-bond acceptors (Lipinski definition) is 4. The van der Waals surface area contributed by atoms with Gasteiger partial charge in [0.05, 0.1) is 0 Å². The average Bonchev–Trinajstić information content (AvgIpc) is 2.12. The summed E-state index contributed by atoms with van der Waals surface area (Å²) in [5, 5.41) is 14.4. The number of amidine groups is 1. The molecule has 5 heteroatoms. The first kappa shape index (κ1) is 12.6. The molecule has 0 aromatic rings. The van der Waals surface area contributed by atoms with E-state index in [0.717, 1.165) is 18.8 Å².